The SMILES string of the molecule is OC1CCN(CCc2ccc(Cl)cc2)CC1. The Hall–Kier alpha value is -0.570. The molecule has 3 heteroatoms. The number of piperidine rings is 1. The normalized spacial score (nSPS) is 18.9. The van der Waals surface area contributed by atoms with E-state index in [-0.39, 0.29) is 6.10 Å². The lowest BCUT2D eigenvalue weighted by Crippen LogP contribution is -2.37. The van der Waals surface area contributed by atoms with E-state index in [9.17, 15) is 5.11 Å². The van der Waals surface area contributed by atoms with Crippen LogP contribution in [0.15, 0.2) is 24.3 Å². The van der Waals surface area contributed by atoms with Gasteiger partial charge in [-0.1, -0.05) is 23.7 Å². The second kappa shape index (κ2) is 5.67. The van der Waals surface area contributed by atoms with Crippen molar-refractivity contribution in [3.8, 4) is 0 Å². The predicted molar refractivity (Wildman–Crippen MR) is 66.8 cm³/mol. The number of nitrogens with zero attached hydrogens (tertiary/aromatic N) is 1. The van der Waals surface area contributed by atoms with Crippen LogP contribution in [-0.4, -0.2) is 35.7 Å². The van der Waals surface area contributed by atoms with Crippen LogP contribution in [0, 0.1) is 0 Å². The van der Waals surface area contributed by atoms with Gasteiger partial charge < -0.3 is 10.0 Å². The minimum atomic E-state index is -0.0771. The molecule has 2 rings (SSSR count). The first-order valence-corrected chi connectivity index (χ1v) is 6.27. The van der Waals surface area contributed by atoms with Crippen LogP contribution in [0.25, 0.3) is 0 Å². The van der Waals surface area contributed by atoms with Crippen LogP contribution >= 0.6 is 11.6 Å². The lowest BCUT2D eigenvalue weighted by molar-refractivity contribution is 0.0832. The van der Waals surface area contributed by atoms with Gasteiger partial charge in [-0.05, 0) is 37.0 Å². The van der Waals surface area contributed by atoms with Gasteiger partial charge in [0.25, 0.3) is 0 Å². The van der Waals surface area contributed by atoms with Gasteiger partial charge in [0, 0.05) is 24.7 Å². The van der Waals surface area contributed by atoms with E-state index in [1.165, 1.54) is 5.56 Å². The van der Waals surface area contributed by atoms with E-state index < -0.39 is 0 Å². The van der Waals surface area contributed by atoms with Crippen molar-refractivity contribution in [3.63, 3.8) is 0 Å². The zero-order chi connectivity index (χ0) is 11.4. The molecule has 1 N–H and O–H groups in total. The summed E-state index contributed by atoms with van der Waals surface area (Å²) in [5, 5.41) is 10.2. The third-order valence-corrected chi connectivity index (χ3v) is 3.44. The molecule has 0 aromatic heterocycles. The van der Waals surface area contributed by atoms with Gasteiger partial charge >= 0.3 is 0 Å². The van der Waals surface area contributed by atoms with Gasteiger partial charge in [-0.15, -0.1) is 0 Å². The summed E-state index contributed by atoms with van der Waals surface area (Å²) in [6.45, 7) is 3.12. The van der Waals surface area contributed by atoms with E-state index in [4.69, 9.17) is 11.6 Å². The monoisotopic (exact) mass is 239 g/mol. The molecule has 0 radical (unpaired) electrons. The highest BCUT2D eigenvalue weighted by atomic mass is 35.5. The average molecular weight is 240 g/mol. The quantitative estimate of drug-likeness (QED) is 0.875. The molecule has 2 nitrogen and oxygen atoms in total. The Morgan fingerprint density at radius 3 is 2.44 bits per heavy atom. The molecule has 1 aliphatic rings. The Balaban J connectivity index is 1.77. The van der Waals surface area contributed by atoms with Gasteiger partial charge in [0.15, 0.2) is 0 Å². The number of aliphatic hydroxyl groups excluding tert-OH is 1. The van der Waals surface area contributed by atoms with Crippen molar-refractivity contribution >= 4 is 11.6 Å². The minimum absolute atomic E-state index is 0.0771. The average Bonchev–Trinajstić information content (AvgIpc) is 2.30. The molecule has 0 atom stereocenters. The van der Waals surface area contributed by atoms with Crippen molar-refractivity contribution in [1.82, 2.24) is 4.90 Å². The number of rotatable bonds is 3. The van der Waals surface area contributed by atoms with Crippen LogP contribution < -0.4 is 0 Å². The van der Waals surface area contributed by atoms with E-state index in [2.05, 4.69) is 17.0 Å². The van der Waals surface area contributed by atoms with Gasteiger partial charge in [-0.25, -0.2) is 0 Å². The highest BCUT2D eigenvalue weighted by Gasteiger charge is 2.16. The fraction of sp³-hybridized carbons (Fsp3) is 0.538. The van der Waals surface area contributed by atoms with Crippen LogP contribution in [0.3, 0.4) is 0 Å². The van der Waals surface area contributed by atoms with Crippen molar-refractivity contribution in [2.24, 2.45) is 0 Å². The lowest BCUT2D eigenvalue weighted by atomic mass is 10.1. The number of likely N-dealkylation sites (tertiary alicyclic amines) is 1. The summed E-state index contributed by atoms with van der Waals surface area (Å²) >= 11 is 5.84. The summed E-state index contributed by atoms with van der Waals surface area (Å²) in [6.07, 6.45) is 2.82. The molecule has 88 valence electrons. The Labute approximate surface area is 102 Å². The van der Waals surface area contributed by atoms with Crippen molar-refractivity contribution < 1.29 is 5.11 Å². The summed E-state index contributed by atoms with van der Waals surface area (Å²) in [6, 6.07) is 8.05. The Morgan fingerprint density at radius 1 is 1.19 bits per heavy atom. The summed E-state index contributed by atoms with van der Waals surface area (Å²) in [5.74, 6) is 0. The molecule has 1 aromatic rings. The molecule has 1 saturated heterocycles. The molecule has 0 saturated carbocycles. The van der Waals surface area contributed by atoms with E-state index in [0.717, 1.165) is 43.9 Å². The number of hydrogen-bond acceptors (Lipinski definition) is 2. The Morgan fingerprint density at radius 2 is 1.81 bits per heavy atom. The Bertz CT molecular complexity index is 317. The third kappa shape index (κ3) is 3.48. The van der Waals surface area contributed by atoms with Crippen molar-refractivity contribution in [2.75, 3.05) is 19.6 Å². The van der Waals surface area contributed by atoms with Gasteiger partial charge in [0.1, 0.15) is 0 Å². The number of benzene rings is 1. The van der Waals surface area contributed by atoms with Crippen LogP contribution in [-0.2, 0) is 6.42 Å². The first kappa shape index (κ1) is 11.9. The summed E-state index contributed by atoms with van der Waals surface area (Å²) in [7, 11) is 0. The first-order chi connectivity index (χ1) is 7.74. The maximum atomic E-state index is 9.40. The Kier molecular flexibility index (Phi) is 4.22. The molecule has 1 aliphatic heterocycles. The third-order valence-electron chi connectivity index (χ3n) is 3.19. The molecule has 1 heterocycles. The molecular formula is C13H18ClNO. The highest BCUT2D eigenvalue weighted by molar-refractivity contribution is 6.30. The fourth-order valence-corrected chi connectivity index (χ4v) is 2.21. The fourth-order valence-electron chi connectivity index (χ4n) is 2.08. The van der Waals surface area contributed by atoms with Crippen molar-refractivity contribution in [3.05, 3.63) is 34.9 Å². The molecular weight excluding hydrogens is 222 g/mol. The lowest BCUT2D eigenvalue weighted by Gasteiger charge is -2.29. The highest BCUT2D eigenvalue weighted by Crippen LogP contribution is 2.13. The maximum absolute atomic E-state index is 9.40. The molecule has 1 aromatic carbocycles. The molecule has 0 unspecified atom stereocenters. The van der Waals surface area contributed by atoms with Crippen molar-refractivity contribution in [2.45, 2.75) is 25.4 Å². The topological polar surface area (TPSA) is 23.5 Å². The van der Waals surface area contributed by atoms with Crippen LogP contribution in [0.1, 0.15) is 18.4 Å². The van der Waals surface area contributed by atoms with E-state index in [1.807, 2.05) is 12.1 Å². The molecule has 0 amide bonds. The number of halogens is 1. The van der Waals surface area contributed by atoms with Gasteiger partial charge in [0.05, 0.1) is 6.10 Å². The second-order valence-corrected chi connectivity index (χ2v) is 4.89. The van der Waals surface area contributed by atoms with Crippen LogP contribution in [0.4, 0.5) is 0 Å². The summed E-state index contributed by atoms with van der Waals surface area (Å²) in [4.78, 5) is 2.42. The molecule has 0 spiro atoms. The first-order valence-electron chi connectivity index (χ1n) is 5.89. The largest absolute Gasteiger partial charge is 0.393 e. The van der Waals surface area contributed by atoms with Gasteiger partial charge in [0.2, 0.25) is 0 Å². The molecule has 0 bridgehead atoms. The zero-order valence-electron chi connectivity index (χ0n) is 9.40. The van der Waals surface area contributed by atoms with Crippen LogP contribution in [0.2, 0.25) is 5.02 Å². The van der Waals surface area contributed by atoms with Gasteiger partial charge in [-0.3, -0.25) is 0 Å². The smallest absolute Gasteiger partial charge is 0.0564 e. The van der Waals surface area contributed by atoms with Crippen molar-refractivity contribution in [1.29, 1.82) is 0 Å². The van der Waals surface area contributed by atoms with Gasteiger partial charge in [-0.2, -0.15) is 0 Å². The zero-order valence-corrected chi connectivity index (χ0v) is 10.2. The van der Waals surface area contributed by atoms with E-state index in [0.29, 0.717) is 0 Å². The maximum Gasteiger partial charge on any atom is 0.0564 e. The predicted octanol–water partition coefficient (Wildman–Crippen LogP) is 2.34. The standard InChI is InChI=1S/C13H18ClNO/c14-12-3-1-11(2-4-12)5-8-15-9-6-13(16)7-10-15/h1-4,13,16H,5-10H2. The molecule has 16 heavy (non-hydrogen) atoms. The second-order valence-electron chi connectivity index (χ2n) is 4.45. The molecule has 0 aliphatic carbocycles. The van der Waals surface area contributed by atoms with E-state index in [1.54, 1.807) is 0 Å². The number of aliphatic hydroxyl groups is 1. The summed E-state index contributed by atoms with van der Waals surface area (Å²) in [5.41, 5.74) is 1.33. The van der Waals surface area contributed by atoms with E-state index >= 15 is 0 Å². The summed E-state index contributed by atoms with van der Waals surface area (Å²) < 4.78 is 0. The molecule has 1 fully saturated rings. The minimum Gasteiger partial charge on any atom is -0.393 e. The number of hydrogen-bond donors (Lipinski definition) is 1. The van der Waals surface area contributed by atoms with Crippen LogP contribution in [0.5, 0.6) is 0 Å².